The standard InChI is InChI=1S/C20H23ClN4O8S/c1-5-24(6-2)34(31,32)12-9-13(20(28)22-3)18(33-4)15(10-12)23-19(27)11-7-14(21)17(26)16(8-11)25(29)30/h7-10,26H,5-6H2,1-4H3,(H,22,28)(H,23,27). The van der Waals surface area contributed by atoms with Gasteiger partial charge in [-0.05, 0) is 18.2 Å². The minimum Gasteiger partial charge on any atom is -0.501 e. The van der Waals surface area contributed by atoms with E-state index in [4.69, 9.17) is 16.3 Å². The van der Waals surface area contributed by atoms with E-state index in [1.54, 1.807) is 13.8 Å². The Morgan fingerprint density at radius 3 is 2.29 bits per heavy atom. The molecule has 0 radical (unpaired) electrons. The van der Waals surface area contributed by atoms with E-state index in [1.807, 2.05) is 0 Å². The first-order chi connectivity index (χ1) is 15.9. The van der Waals surface area contributed by atoms with Crippen LogP contribution < -0.4 is 15.4 Å². The van der Waals surface area contributed by atoms with Crippen molar-refractivity contribution in [3.05, 3.63) is 50.5 Å². The summed E-state index contributed by atoms with van der Waals surface area (Å²) >= 11 is 5.81. The van der Waals surface area contributed by atoms with Crippen molar-refractivity contribution in [2.45, 2.75) is 18.7 Å². The predicted octanol–water partition coefficient (Wildman–Crippen LogP) is 2.60. The molecule has 0 saturated heterocycles. The van der Waals surface area contributed by atoms with Crippen LogP contribution >= 0.6 is 11.6 Å². The second kappa shape index (κ2) is 10.7. The summed E-state index contributed by atoms with van der Waals surface area (Å²) in [5.41, 5.74) is -1.43. The maximum Gasteiger partial charge on any atom is 0.313 e. The Labute approximate surface area is 200 Å². The van der Waals surface area contributed by atoms with Gasteiger partial charge in [0.05, 0.1) is 33.2 Å². The van der Waals surface area contributed by atoms with Crippen LogP contribution in [0, 0.1) is 10.1 Å². The van der Waals surface area contributed by atoms with Crippen molar-refractivity contribution in [2.75, 3.05) is 32.6 Å². The van der Waals surface area contributed by atoms with Crippen LogP contribution in [0.15, 0.2) is 29.2 Å². The van der Waals surface area contributed by atoms with Gasteiger partial charge in [0, 0.05) is 31.8 Å². The van der Waals surface area contributed by atoms with Gasteiger partial charge in [0.25, 0.3) is 11.8 Å². The number of aromatic hydroxyl groups is 1. The monoisotopic (exact) mass is 514 g/mol. The molecule has 0 bridgehead atoms. The Balaban J connectivity index is 2.70. The Kier molecular flexibility index (Phi) is 8.42. The molecular weight excluding hydrogens is 492 g/mol. The number of nitrogens with one attached hydrogen (secondary N) is 2. The molecule has 0 spiro atoms. The molecule has 0 aliphatic rings. The van der Waals surface area contributed by atoms with Crippen LogP contribution in [0.25, 0.3) is 0 Å². The van der Waals surface area contributed by atoms with Gasteiger partial charge in [0.15, 0.2) is 5.75 Å². The number of amides is 2. The average molecular weight is 515 g/mol. The Bertz CT molecular complexity index is 1250. The van der Waals surface area contributed by atoms with E-state index in [1.165, 1.54) is 14.2 Å². The van der Waals surface area contributed by atoms with Gasteiger partial charge in [0.1, 0.15) is 0 Å². The number of methoxy groups -OCH3 is 1. The number of anilines is 1. The molecule has 2 rings (SSSR count). The van der Waals surface area contributed by atoms with Crippen molar-refractivity contribution >= 4 is 44.8 Å². The van der Waals surface area contributed by atoms with Crippen LogP contribution in [0.4, 0.5) is 11.4 Å². The lowest BCUT2D eigenvalue weighted by Gasteiger charge is -2.21. The molecule has 14 heteroatoms. The molecule has 12 nitrogen and oxygen atoms in total. The lowest BCUT2D eigenvalue weighted by molar-refractivity contribution is -0.385. The summed E-state index contributed by atoms with van der Waals surface area (Å²) in [6.07, 6.45) is 0. The predicted molar refractivity (Wildman–Crippen MR) is 124 cm³/mol. The quantitative estimate of drug-likeness (QED) is 0.339. The van der Waals surface area contributed by atoms with E-state index < -0.39 is 43.2 Å². The van der Waals surface area contributed by atoms with Crippen LogP contribution in [0.2, 0.25) is 5.02 Å². The van der Waals surface area contributed by atoms with Crippen LogP contribution in [0.1, 0.15) is 34.6 Å². The molecule has 0 aromatic heterocycles. The lowest BCUT2D eigenvalue weighted by atomic mass is 10.1. The smallest absolute Gasteiger partial charge is 0.313 e. The number of nitrogens with zero attached hydrogens (tertiary/aromatic N) is 2. The van der Waals surface area contributed by atoms with E-state index in [9.17, 15) is 33.2 Å². The number of phenolic OH excluding ortho intramolecular Hbond substituents is 1. The molecule has 0 unspecified atom stereocenters. The normalized spacial score (nSPS) is 11.2. The molecule has 0 atom stereocenters. The highest BCUT2D eigenvalue weighted by Gasteiger charge is 2.28. The number of nitro groups is 1. The number of ether oxygens (including phenoxy) is 1. The van der Waals surface area contributed by atoms with Gasteiger partial charge in [-0.15, -0.1) is 0 Å². The number of phenols is 1. The first-order valence-electron chi connectivity index (χ1n) is 9.85. The minimum atomic E-state index is -4.04. The summed E-state index contributed by atoms with van der Waals surface area (Å²) in [7, 11) is -1.48. The van der Waals surface area contributed by atoms with Crippen molar-refractivity contribution < 1.29 is 32.8 Å². The van der Waals surface area contributed by atoms with Crippen LogP contribution in [-0.4, -0.2) is 61.8 Å². The molecular formula is C20H23ClN4O8S. The van der Waals surface area contributed by atoms with E-state index in [-0.39, 0.29) is 40.5 Å². The number of rotatable bonds is 9. The second-order valence-electron chi connectivity index (χ2n) is 6.76. The number of halogens is 1. The number of nitro benzene ring substituents is 1. The molecule has 2 aromatic carbocycles. The molecule has 0 heterocycles. The summed E-state index contributed by atoms with van der Waals surface area (Å²) in [6.45, 7) is 3.62. The molecule has 184 valence electrons. The fourth-order valence-corrected chi connectivity index (χ4v) is 4.86. The zero-order chi connectivity index (χ0) is 25.8. The van der Waals surface area contributed by atoms with Crippen molar-refractivity contribution in [3.63, 3.8) is 0 Å². The van der Waals surface area contributed by atoms with Gasteiger partial charge in [-0.2, -0.15) is 4.31 Å². The fourth-order valence-electron chi connectivity index (χ4n) is 3.13. The number of carbonyl (C=O) groups is 2. The maximum atomic E-state index is 13.1. The van der Waals surface area contributed by atoms with Gasteiger partial charge >= 0.3 is 5.69 Å². The minimum absolute atomic E-state index is 0.134. The van der Waals surface area contributed by atoms with Gasteiger partial charge < -0.3 is 20.5 Å². The van der Waals surface area contributed by atoms with Gasteiger partial charge in [-0.3, -0.25) is 19.7 Å². The summed E-state index contributed by atoms with van der Waals surface area (Å²) < 4.78 is 32.6. The van der Waals surface area contributed by atoms with Gasteiger partial charge in [0.2, 0.25) is 15.8 Å². The maximum absolute atomic E-state index is 13.1. The number of benzene rings is 2. The van der Waals surface area contributed by atoms with Crippen molar-refractivity contribution in [1.82, 2.24) is 9.62 Å². The van der Waals surface area contributed by atoms with Crippen LogP contribution in [0.5, 0.6) is 11.5 Å². The summed E-state index contributed by atoms with van der Waals surface area (Å²) in [6, 6.07) is 4.05. The topological polar surface area (TPSA) is 168 Å². The van der Waals surface area contributed by atoms with E-state index >= 15 is 0 Å². The summed E-state index contributed by atoms with van der Waals surface area (Å²) in [5.74, 6) is -2.55. The number of carbonyl (C=O) groups excluding carboxylic acids is 2. The Hall–Kier alpha value is -3.42. The van der Waals surface area contributed by atoms with Crippen molar-refractivity contribution in [2.24, 2.45) is 0 Å². The SMILES string of the molecule is CCN(CC)S(=O)(=O)c1cc(NC(=O)c2cc(Cl)c(O)c([N+](=O)[O-])c2)c(OC)c(C(=O)NC)c1. The van der Waals surface area contributed by atoms with Crippen LogP contribution in [-0.2, 0) is 10.0 Å². The zero-order valence-corrected chi connectivity index (χ0v) is 20.3. The summed E-state index contributed by atoms with van der Waals surface area (Å²) in [5, 5.41) is 25.3. The average Bonchev–Trinajstić information content (AvgIpc) is 2.79. The Morgan fingerprint density at radius 2 is 1.79 bits per heavy atom. The molecule has 2 aromatic rings. The molecule has 0 fully saturated rings. The highest BCUT2D eigenvalue weighted by molar-refractivity contribution is 7.89. The first kappa shape index (κ1) is 26.8. The summed E-state index contributed by atoms with van der Waals surface area (Å²) in [4.78, 5) is 35.3. The largest absolute Gasteiger partial charge is 0.501 e. The molecule has 2 amide bonds. The van der Waals surface area contributed by atoms with Crippen LogP contribution in [0.3, 0.4) is 0 Å². The molecule has 34 heavy (non-hydrogen) atoms. The third-order valence-electron chi connectivity index (χ3n) is 4.83. The lowest BCUT2D eigenvalue weighted by Crippen LogP contribution is -2.31. The number of hydrogen-bond acceptors (Lipinski definition) is 8. The molecule has 0 saturated carbocycles. The van der Waals surface area contributed by atoms with Gasteiger partial charge in [-0.1, -0.05) is 25.4 Å². The third-order valence-corrected chi connectivity index (χ3v) is 7.15. The first-order valence-corrected chi connectivity index (χ1v) is 11.7. The molecule has 0 aliphatic carbocycles. The molecule has 0 aliphatic heterocycles. The van der Waals surface area contributed by atoms with E-state index in [2.05, 4.69) is 10.6 Å². The number of sulfonamides is 1. The van der Waals surface area contributed by atoms with E-state index in [0.29, 0.717) is 0 Å². The second-order valence-corrected chi connectivity index (χ2v) is 9.10. The Morgan fingerprint density at radius 1 is 1.18 bits per heavy atom. The molecule has 3 N–H and O–H groups in total. The zero-order valence-electron chi connectivity index (χ0n) is 18.7. The van der Waals surface area contributed by atoms with Crippen molar-refractivity contribution in [1.29, 1.82) is 0 Å². The van der Waals surface area contributed by atoms with Crippen molar-refractivity contribution in [3.8, 4) is 11.5 Å². The number of hydrogen-bond donors (Lipinski definition) is 3. The highest BCUT2D eigenvalue weighted by atomic mass is 35.5. The highest BCUT2D eigenvalue weighted by Crippen LogP contribution is 2.37. The fraction of sp³-hybridized carbons (Fsp3) is 0.300. The van der Waals surface area contributed by atoms with Gasteiger partial charge in [-0.25, -0.2) is 8.42 Å². The third kappa shape index (κ3) is 5.21. The van der Waals surface area contributed by atoms with E-state index in [0.717, 1.165) is 28.6 Å².